The number of carbonyl (C=O) groups excluding carboxylic acids is 3. The Balaban J connectivity index is 2.80. The molecule has 0 aromatic carbocycles. The van der Waals surface area contributed by atoms with Gasteiger partial charge in [-0.05, 0) is 5.92 Å². The fourth-order valence-electron chi connectivity index (χ4n) is 2.60. The Morgan fingerprint density at radius 1 is 1.10 bits per heavy atom. The minimum Gasteiger partial charge on any atom is -0.480 e. The first-order chi connectivity index (χ1) is 14.6. The molecule has 0 bridgehead atoms. The molecular weight excluding hydrogens is 444 g/mol. The number of thiol groups is 2. The van der Waals surface area contributed by atoms with Gasteiger partial charge >= 0.3 is 5.97 Å². The van der Waals surface area contributed by atoms with Gasteiger partial charge < -0.3 is 31.8 Å². The van der Waals surface area contributed by atoms with E-state index in [0.29, 0.717) is 12.1 Å². The maximum atomic E-state index is 12.7. The number of nitrogens with two attached hydrogens (primary N) is 1. The number of nitrogens with one attached hydrogen (secondary N) is 4. The number of nitrogens with zero attached hydrogens (tertiary/aromatic N) is 1. The van der Waals surface area contributed by atoms with E-state index >= 15 is 0 Å². The van der Waals surface area contributed by atoms with Crippen molar-refractivity contribution in [1.29, 1.82) is 0 Å². The van der Waals surface area contributed by atoms with Crippen molar-refractivity contribution in [3.05, 3.63) is 18.2 Å². The van der Waals surface area contributed by atoms with Crippen LogP contribution in [-0.4, -0.2) is 74.4 Å². The van der Waals surface area contributed by atoms with E-state index in [2.05, 4.69) is 51.2 Å². The lowest BCUT2D eigenvalue weighted by atomic mass is 9.97. The van der Waals surface area contributed by atoms with Gasteiger partial charge in [0.25, 0.3) is 0 Å². The third-order valence-corrected chi connectivity index (χ3v) is 5.47. The molecule has 11 nitrogen and oxygen atoms in total. The van der Waals surface area contributed by atoms with Gasteiger partial charge in [-0.3, -0.25) is 14.4 Å². The Labute approximate surface area is 191 Å². The summed E-state index contributed by atoms with van der Waals surface area (Å²) in [4.78, 5) is 55.6. The van der Waals surface area contributed by atoms with Crippen LogP contribution in [0.3, 0.4) is 0 Å². The first-order valence-electron chi connectivity index (χ1n) is 9.72. The van der Waals surface area contributed by atoms with Gasteiger partial charge in [-0.25, -0.2) is 9.78 Å². The smallest absolute Gasteiger partial charge is 0.327 e. The number of aromatic nitrogens is 2. The molecule has 0 saturated heterocycles. The van der Waals surface area contributed by atoms with E-state index in [-0.39, 0.29) is 23.8 Å². The van der Waals surface area contributed by atoms with Crippen LogP contribution in [0.4, 0.5) is 0 Å². The van der Waals surface area contributed by atoms with Crippen molar-refractivity contribution >= 4 is 48.9 Å². The zero-order valence-electron chi connectivity index (χ0n) is 17.4. The molecule has 3 amide bonds. The van der Waals surface area contributed by atoms with E-state index in [1.54, 1.807) is 13.1 Å². The van der Waals surface area contributed by atoms with Crippen LogP contribution in [-0.2, 0) is 25.6 Å². The van der Waals surface area contributed by atoms with E-state index < -0.39 is 47.9 Å². The summed E-state index contributed by atoms with van der Waals surface area (Å²) < 4.78 is 0. The molecule has 0 radical (unpaired) electrons. The average Bonchev–Trinajstić information content (AvgIpc) is 3.25. The maximum Gasteiger partial charge on any atom is 0.327 e. The molecule has 31 heavy (non-hydrogen) atoms. The standard InChI is InChI=1S/C18H30N6O5S2/c1-3-9(2)14(17(27)23-13(7-31)18(28)29)24-16(26)12(6-30)22-15(25)11(19)4-10-5-20-8-21-10/h5,8-9,11-14,30-31H,3-4,6-7,19H2,1-2H3,(H,20,21)(H,22,25)(H,23,27)(H,24,26)(H,28,29). The summed E-state index contributed by atoms with van der Waals surface area (Å²) in [6.45, 7) is 3.58. The number of imidazole rings is 1. The van der Waals surface area contributed by atoms with Gasteiger partial charge in [0.05, 0.1) is 12.4 Å². The highest BCUT2D eigenvalue weighted by atomic mass is 32.1. The van der Waals surface area contributed by atoms with Crippen LogP contribution >= 0.6 is 25.3 Å². The number of aliphatic carboxylic acids is 1. The summed E-state index contributed by atoms with van der Waals surface area (Å²) in [6, 6.07) is -4.16. The number of rotatable bonds is 13. The summed E-state index contributed by atoms with van der Waals surface area (Å²) in [5, 5.41) is 16.6. The molecule has 0 spiro atoms. The highest BCUT2D eigenvalue weighted by Gasteiger charge is 2.32. The third kappa shape index (κ3) is 8.42. The maximum absolute atomic E-state index is 12.7. The Hall–Kier alpha value is -2.25. The lowest BCUT2D eigenvalue weighted by molar-refractivity contribution is -0.142. The topological polar surface area (TPSA) is 179 Å². The molecule has 0 aliphatic heterocycles. The molecular formula is C18H30N6O5S2. The number of hydrogen-bond acceptors (Lipinski definition) is 8. The largest absolute Gasteiger partial charge is 0.480 e. The second-order valence-corrected chi connectivity index (χ2v) is 7.82. The molecule has 0 aliphatic rings. The molecule has 1 aromatic rings. The molecule has 174 valence electrons. The summed E-state index contributed by atoms with van der Waals surface area (Å²) in [7, 11) is 0. The Morgan fingerprint density at radius 3 is 2.19 bits per heavy atom. The number of carboxylic acids is 1. The minimum absolute atomic E-state index is 0.0302. The van der Waals surface area contributed by atoms with Crippen LogP contribution in [0.1, 0.15) is 26.0 Å². The first-order valence-corrected chi connectivity index (χ1v) is 11.0. The van der Waals surface area contributed by atoms with E-state index in [1.807, 2.05) is 6.92 Å². The molecule has 0 saturated carbocycles. The van der Waals surface area contributed by atoms with Crippen molar-refractivity contribution in [1.82, 2.24) is 25.9 Å². The predicted octanol–water partition coefficient (Wildman–Crippen LogP) is -1.28. The second kappa shape index (κ2) is 13.2. The number of aromatic amines is 1. The molecule has 5 atom stereocenters. The summed E-state index contributed by atoms with van der Waals surface area (Å²) in [6.07, 6.45) is 3.75. The third-order valence-electron chi connectivity index (χ3n) is 4.74. The van der Waals surface area contributed by atoms with Crippen LogP contribution in [0.5, 0.6) is 0 Å². The lowest BCUT2D eigenvalue weighted by Crippen LogP contribution is -2.59. The highest BCUT2D eigenvalue weighted by molar-refractivity contribution is 7.80. The Bertz CT molecular complexity index is 748. The second-order valence-electron chi connectivity index (χ2n) is 7.08. The number of carboxylic acid groups (broad SMARTS) is 1. The average molecular weight is 475 g/mol. The lowest BCUT2D eigenvalue weighted by Gasteiger charge is -2.27. The van der Waals surface area contributed by atoms with E-state index in [9.17, 15) is 19.2 Å². The van der Waals surface area contributed by atoms with Crippen LogP contribution in [0.25, 0.3) is 0 Å². The van der Waals surface area contributed by atoms with Crippen molar-refractivity contribution in [3.63, 3.8) is 0 Å². The summed E-state index contributed by atoms with van der Waals surface area (Å²) in [5.74, 6) is -3.50. The zero-order chi connectivity index (χ0) is 23.6. The van der Waals surface area contributed by atoms with Crippen LogP contribution < -0.4 is 21.7 Å². The molecule has 1 aromatic heterocycles. The predicted molar refractivity (Wildman–Crippen MR) is 121 cm³/mol. The van der Waals surface area contributed by atoms with Gasteiger partial charge in [0.15, 0.2) is 0 Å². The molecule has 7 N–H and O–H groups in total. The van der Waals surface area contributed by atoms with Gasteiger partial charge in [0.2, 0.25) is 17.7 Å². The Kier molecular flexibility index (Phi) is 11.4. The van der Waals surface area contributed by atoms with E-state index in [0.717, 1.165) is 0 Å². The van der Waals surface area contributed by atoms with Gasteiger partial charge in [-0.2, -0.15) is 25.3 Å². The fraction of sp³-hybridized carbons (Fsp3) is 0.611. The van der Waals surface area contributed by atoms with Crippen molar-refractivity contribution < 1.29 is 24.3 Å². The number of hydrogen-bond donors (Lipinski definition) is 8. The highest BCUT2D eigenvalue weighted by Crippen LogP contribution is 2.09. The molecule has 0 aliphatic carbocycles. The normalized spacial score (nSPS) is 15.8. The summed E-state index contributed by atoms with van der Waals surface area (Å²) >= 11 is 8.03. The Morgan fingerprint density at radius 2 is 1.71 bits per heavy atom. The van der Waals surface area contributed by atoms with Crippen molar-refractivity contribution in [2.24, 2.45) is 11.7 Å². The van der Waals surface area contributed by atoms with Crippen molar-refractivity contribution in [3.8, 4) is 0 Å². The number of amides is 3. The quantitative estimate of drug-likeness (QED) is 0.164. The molecule has 13 heteroatoms. The monoisotopic (exact) mass is 474 g/mol. The zero-order valence-corrected chi connectivity index (χ0v) is 19.2. The number of carbonyl (C=O) groups is 4. The number of H-pyrrole nitrogens is 1. The summed E-state index contributed by atoms with van der Waals surface area (Å²) in [5.41, 5.74) is 6.55. The minimum atomic E-state index is -1.23. The van der Waals surface area contributed by atoms with E-state index in [4.69, 9.17) is 10.8 Å². The van der Waals surface area contributed by atoms with Crippen LogP contribution in [0, 0.1) is 5.92 Å². The molecule has 5 unspecified atom stereocenters. The van der Waals surface area contributed by atoms with Crippen LogP contribution in [0.15, 0.2) is 12.5 Å². The van der Waals surface area contributed by atoms with Crippen molar-refractivity contribution in [2.45, 2.75) is 50.9 Å². The molecule has 0 fully saturated rings. The van der Waals surface area contributed by atoms with E-state index in [1.165, 1.54) is 6.33 Å². The molecule has 1 rings (SSSR count). The fourth-order valence-corrected chi connectivity index (χ4v) is 3.11. The molecule has 1 heterocycles. The SMILES string of the molecule is CCC(C)C(NC(=O)C(CS)NC(=O)C(N)Cc1cnc[nH]1)C(=O)NC(CS)C(=O)O. The van der Waals surface area contributed by atoms with Gasteiger partial charge in [0.1, 0.15) is 18.1 Å². The first kappa shape index (κ1) is 26.8. The van der Waals surface area contributed by atoms with Crippen molar-refractivity contribution in [2.75, 3.05) is 11.5 Å². The van der Waals surface area contributed by atoms with Gasteiger partial charge in [-0.1, -0.05) is 20.3 Å². The van der Waals surface area contributed by atoms with Gasteiger partial charge in [0, 0.05) is 29.8 Å². The van der Waals surface area contributed by atoms with Gasteiger partial charge in [-0.15, -0.1) is 0 Å². The van der Waals surface area contributed by atoms with Crippen LogP contribution in [0.2, 0.25) is 0 Å².